The first-order valence-electron chi connectivity index (χ1n) is 5.00. The van der Waals surface area contributed by atoms with E-state index in [0.717, 1.165) is 17.8 Å². The molecule has 0 aliphatic heterocycles. The maximum absolute atomic E-state index is 3.98. The van der Waals surface area contributed by atoms with Crippen LogP contribution in [0.15, 0.2) is 36.9 Å². The standard InChI is InChI=1S/C12H12IN3/c1-9-11(13)3-2-4-12(9)16-7-10-5-14-8-15-6-10/h2-6,8,16H,7H2,1H3. The van der Waals surface area contributed by atoms with E-state index in [0.29, 0.717) is 0 Å². The molecule has 0 saturated carbocycles. The van der Waals surface area contributed by atoms with Gasteiger partial charge in [-0.3, -0.25) is 0 Å². The van der Waals surface area contributed by atoms with E-state index in [2.05, 4.69) is 63.0 Å². The molecule has 0 spiro atoms. The maximum Gasteiger partial charge on any atom is 0.115 e. The number of benzene rings is 1. The maximum atomic E-state index is 3.98. The summed E-state index contributed by atoms with van der Waals surface area (Å²) in [4.78, 5) is 7.97. The van der Waals surface area contributed by atoms with Crippen LogP contribution < -0.4 is 5.32 Å². The molecule has 16 heavy (non-hydrogen) atoms. The molecule has 0 unspecified atom stereocenters. The molecule has 1 N–H and O–H groups in total. The van der Waals surface area contributed by atoms with Gasteiger partial charge in [-0.2, -0.15) is 0 Å². The van der Waals surface area contributed by atoms with Gasteiger partial charge in [-0.1, -0.05) is 6.07 Å². The molecule has 1 aromatic carbocycles. The summed E-state index contributed by atoms with van der Waals surface area (Å²) in [5, 5.41) is 3.39. The van der Waals surface area contributed by atoms with Gasteiger partial charge < -0.3 is 5.32 Å². The summed E-state index contributed by atoms with van der Waals surface area (Å²) in [5.74, 6) is 0. The third-order valence-electron chi connectivity index (χ3n) is 2.36. The molecule has 0 amide bonds. The predicted molar refractivity (Wildman–Crippen MR) is 73.3 cm³/mol. The van der Waals surface area contributed by atoms with Crippen LogP contribution >= 0.6 is 22.6 Å². The number of nitrogens with zero attached hydrogens (tertiary/aromatic N) is 2. The zero-order valence-corrected chi connectivity index (χ0v) is 11.1. The van der Waals surface area contributed by atoms with Gasteiger partial charge in [0.25, 0.3) is 0 Å². The lowest BCUT2D eigenvalue weighted by Gasteiger charge is -2.10. The fourth-order valence-electron chi connectivity index (χ4n) is 1.42. The van der Waals surface area contributed by atoms with E-state index in [1.165, 1.54) is 9.13 Å². The molecule has 0 saturated heterocycles. The molecule has 0 aliphatic rings. The van der Waals surface area contributed by atoms with Gasteiger partial charge in [-0.05, 0) is 47.2 Å². The van der Waals surface area contributed by atoms with Crippen molar-refractivity contribution in [1.29, 1.82) is 0 Å². The molecule has 0 bridgehead atoms. The Morgan fingerprint density at radius 2 is 2.00 bits per heavy atom. The van der Waals surface area contributed by atoms with Gasteiger partial charge in [0.2, 0.25) is 0 Å². The van der Waals surface area contributed by atoms with E-state index in [-0.39, 0.29) is 0 Å². The first-order chi connectivity index (χ1) is 7.77. The van der Waals surface area contributed by atoms with Crippen molar-refractivity contribution in [2.24, 2.45) is 0 Å². The van der Waals surface area contributed by atoms with E-state index in [9.17, 15) is 0 Å². The molecule has 4 heteroatoms. The van der Waals surface area contributed by atoms with Gasteiger partial charge in [-0.25, -0.2) is 9.97 Å². The Balaban J connectivity index is 2.08. The van der Waals surface area contributed by atoms with Crippen molar-refractivity contribution in [1.82, 2.24) is 9.97 Å². The van der Waals surface area contributed by atoms with Crippen LogP contribution in [-0.2, 0) is 6.54 Å². The number of anilines is 1. The largest absolute Gasteiger partial charge is 0.381 e. The minimum absolute atomic E-state index is 0.752. The number of aromatic nitrogens is 2. The Bertz CT molecular complexity index is 471. The van der Waals surface area contributed by atoms with Crippen molar-refractivity contribution in [2.75, 3.05) is 5.32 Å². The lowest BCUT2D eigenvalue weighted by molar-refractivity contribution is 1.05. The molecule has 0 fully saturated rings. The molecule has 2 rings (SSSR count). The third-order valence-corrected chi connectivity index (χ3v) is 3.53. The van der Waals surface area contributed by atoms with Crippen LogP contribution in [0.3, 0.4) is 0 Å². The highest BCUT2D eigenvalue weighted by molar-refractivity contribution is 14.1. The van der Waals surface area contributed by atoms with Crippen LogP contribution in [0.25, 0.3) is 0 Å². The van der Waals surface area contributed by atoms with Gasteiger partial charge in [0.15, 0.2) is 0 Å². The molecule has 0 aliphatic carbocycles. The molecular weight excluding hydrogens is 313 g/mol. The zero-order valence-electron chi connectivity index (χ0n) is 8.94. The molecule has 0 radical (unpaired) electrons. The minimum atomic E-state index is 0.752. The second-order valence-corrected chi connectivity index (χ2v) is 4.67. The number of rotatable bonds is 3. The van der Waals surface area contributed by atoms with E-state index in [4.69, 9.17) is 0 Å². The highest BCUT2D eigenvalue weighted by Crippen LogP contribution is 2.20. The Hall–Kier alpha value is -1.17. The summed E-state index contributed by atoms with van der Waals surface area (Å²) in [6, 6.07) is 6.24. The first-order valence-corrected chi connectivity index (χ1v) is 6.08. The monoisotopic (exact) mass is 325 g/mol. The SMILES string of the molecule is Cc1c(I)cccc1NCc1cncnc1. The predicted octanol–water partition coefficient (Wildman–Crippen LogP) is 3.00. The van der Waals surface area contributed by atoms with Crippen molar-refractivity contribution < 1.29 is 0 Å². The van der Waals surface area contributed by atoms with Crippen LogP contribution in [0.1, 0.15) is 11.1 Å². The van der Waals surface area contributed by atoms with E-state index in [1.54, 1.807) is 6.33 Å². The second-order valence-electron chi connectivity index (χ2n) is 3.51. The Labute approximate surface area is 108 Å². The van der Waals surface area contributed by atoms with Crippen molar-refractivity contribution in [2.45, 2.75) is 13.5 Å². The molecule has 82 valence electrons. The van der Waals surface area contributed by atoms with Crippen LogP contribution in [0.5, 0.6) is 0 Å². The van der Waals surface area contributed by atoms with Crippen molar-refractivity contribution >= 4 is 28.3 Å². The van der Waals surface area contributed by atoms with Crippen LogP contribution in [-0.4, -0.2) is 9.97 Å². The highest BCUT2D eigenvalue weighted by atomic mass is 127. The van der Waals surface area contributed by atoms with Crippen molar-refractivity contribution in [3.05, 3.63) is 51.6 Å². The Morgan fingerprint density at radius 1 is 1.25 bits per heavy atom. The normalized spacial score (nSPS) is 10.1. The fraction of sp³-hybridized carbons (Fsp3) is 0.167. The van der Waals surface area contributed by atoms with E-state index >= 15 is 0 Å². The summed E-state index contributed by atoms with van der Waals surface area (Å²) in [6.07, 6.45) is 5.19. The van der Waals surface area contributed by atoms with Crippen molar-refractivity contribution in [3.63, 3.8) is 0 Å². The number of hydrogen-bond donors (Lipinski definition) is 1. The average molecular weight is 325 g/mol. The lowest BCUT2D eigenvalue weighted by Crippen LogP contribution is -2.02. The summed E-state index contributed by atoms with van der Waals surface area (Å²) in [6.45, 7) is 2.87. The third kappa shape index (κ3) is 2.69. The Kier molecular flexibility index (Phi) is 3.71. The average Bonchev–Trinajstić information content (AvgIpc) is 2.32. The summed E-state index contributed by atoms with van der Waals surface area (Å²) >= 11 is 2.34. The molecular formula is C12H12IN3. The van der Waals surface area contributed by atoms with Gasteiger partial charge in [0, 0.05) is 33.8 Å². The Morgan fingerprint density at radius 3 is 2.75 bits per heavy atom. The molecule has 1 heterocycles. The summed E-state index contributed by atoms with van der Waals surface area (Å²) in [5.41, 5.74) is 3.52. The fourth-order valence-corrected chi connectivity index (χ4v) is 1.92. The minimum Gasteiger partial charge on any atom is -0.381 e. The zero-order chi connectivity index (χ0) is 11.4. The van der Waals surface area contributed by atoms with Crippen LogP contribution in [0, 0.1) is 10.5 Å². The topological polar surface area (TPSA) is 37.8 Å². The lowest BCUT2D eigenvalue weighted by atomic mass is 10.2. The van der Waals surface area contributed by atoms with Crippen LogP contribution in [0.4, 0.5) is 5.69 Å². The number of hydrogen-bond acceptors (Lipinski definition) is 3. The molecule has 0 atom stereocenters. The first kappa shape index (κ1) is 11.3. The highest BCUT2D eigenvalue weighted by Gasteiger charge is 2.00. The quantitative estimate of drug-likeness (QED) is 0.882. The van der Waals surface area contributed by atoms with E-state index in [1.807, 2.05) is 12.4 Å². The molecule has 2 aromatic rings. The van der Waals surface area contributed by atoms with Crippen molar-refractivity contribution in [3.8, 4) is 0 Å². The van der Waals surface area contributed by atoms with Gasteiger partial charge in [0.1, 0.15) is 6.33 Å². The van der Waals surface area contributed by atoms with E-state index < -0.39 is 0 Å². The number of nitrogens with one attached hydrogen (secondary N) is 1. The second kappa shape index (κ2) is 5.25. The smallest absolute Gasteiger partial charge is 0.115 e. The van der Waals surface area contributed by atoms with Crippen LogP contribution in [0.2, 0.25) is 0 Å². The number of halogens is 1. The molecule has 3 nitrogen and oxygen atoms in total. The summed E-state index contributed by atoms with van der Waals surface area (Å²) < 4.78 is 1.27. The molecule has 1 aromatic heterocycles. The van der Waals surface area contributed by atoms with Gasteiger partial charge in [-0.15, -0.1) is 0 Å². The summed E-state index contributed by atoms with van der Waals surface area (Å²) in [7, 11) is 0. The van der Waals surface area contributed by atoms with Gasteiger partial charge >= 0.3 is 0 Å². The van der Waals surface area contributed by atoms with Gasteiger partial charge in [0.05, 0.1) is 0 Å².